The van der Waals surface area contributed by atoms with Crippen molar-refractivity contribution in [2.45, 2.75) is 59.9 Å². The van der Waals surface area contributed by atoms with Crippen molar-refractivity contribution in [3.8, 4) is 0 Å². The second kappa shape index (κ2) is 6.15. The molecule has 0 radical (unpaired) electrons. The van der Waals surface area contributed by atoms with Crippen LogP contribution in [0, 0.1) is 22.7 Å². The van der Waals surface area contributed by atoms with E-state index < -0.39 is 5.91 Å². The number of primary amides is 1. The van der Waals surface area contributed by atoms with E-state index in [9.17, 15) is 9.59 Å². The fourth-order valence-electron chi connectivity index (χ4n) is 4.45. The molecule has 2 aliphatic rings. The van der Waals surface area contributed by atoms with Gasteiger partial charge >= 0.3 is 0 Å². The molecule has 0 saturated heterocycles. The van der Waals surface area contributed by atoms with Crippen LogP contribution in [0.2, 0.25) is 0 Å². The molecule has 0 aromatic carbocycles. The zero-order valence-electron chi connectivity index (χ0n) is 15.8. The Labute approximate surface area is 149 Å². The highest BCUT2D eigenvalue weighted by atomic mass is 16.2. The fraction of sp³-hybridized carbons (Fsp3) is 0.737. The maximum Gasteiger partial charge on any atom is 0.252 e. The highest BCUT2D eigenvalue weighted by molar-refractivity contribution is 5.93. The van der Waals surface area contributed by atoms with Gasteiger partial charge in [0.1, 0.15) is 0 Å². The van der Waals surface area contributed by atoms with Gasteiger partial charge in [0.15, 0.2) is 0 Å². The molecule has 3 N–H and O–H groups in total. The highest BCUT2D eigenvalue weighted by Crippen LogP contribution is 2.55. The summed E-state index contributed by atoms with van der Waals surface area (Å²) >= 11 is 0. The summed E-state index contributed by atoms with van der Waals surface area (Å²) in [5.74, 6) is 0.596. The summed E-state index contributed by atoms with van der Waals surface area (Å²) in [7, 11) is 0. The third kappa shape index (κ3) is 2.85. The molecule has 3 atom stereocenters. The molecule has 1 saturated carbocycles. The van der Waals surface area contributed by atoms with Crippen molar-refractivity contribution >= 4 is 11.8 Å². The van der Waals surface area contributed by atoms with E-state index in [0.717, 1.165) is 37.9 Å². The van der Waals surface area contributed by atoms with Crippen molar-refractivity contribution in [2.24, 2.45) is 28.4 Å². The molecule has 1 aromatic rings. The average molecular weight is 346 g/mol. The lowest BCUT2D eigenvalue weighted by Crippen LogP contribution is -2.48. The number of hydrogen-bond donors (Lipinski definition) is 2. The van der Waals surface area contributed by atoms with Crippen LogP contribution in [0.25, 0.3) is 0 Å². The molecular formula is C19H30N4O2. The number of nitrogens with zero attached hydrogens (tertiary/aromatic N) is 2. The molecule has 138 valence electrons. The van der Waals surface area contributed by atoms with Crippen LogP contribution in [-0.4, -0.2) is 28.1 Å². The van der Waals surface area contributed by atoms with Gasteiger partial charge in [0.05, 0.1) is 22.9 Å². The first-order valence-electron chi connectivity index (χ1n) is 9.29. The molecule has 6 heteroatoms. The molecule has 6 nitrogen and oxygen atoms in total. The Morgan fingerprint density at radius 3 is 2.68 bits per heavy atom. The van der Waals surface area contributed by atoms with Crippen molar-refractivity contribution < 1.29 is 9.59 Å². The number of nitrogens with one attached hydrogen (secondary N) is 1. The molecule has 1 fully saturated rings. The predicted molar refractivity (Wildman–Crippen MR) is 95.9 cm³/mol. The van der Waals surface area contributed by atoms with Gasteiger partial charge in [0.25, 0.3) is 5.91 Å². The Morgan fingerprint density at radius 2 is 2.08 bits per heavy atom. The van der Waals surface area contributed by atoms with E-state index in [1.165, 1.54) is 0 Å². The van der Waals surface area contributed by atoms with Crippen molar-refractivity contribution in [2.75, 3.05) is 6.54 Å². The van der Waals surface area contributed by atoms with Crippen LogP contribution in [0.15, 0.2) is 6.20 Å². The van der Waals surface area contributed by atoms with Gasteiger partial charge in [-0.05, 0) is 42.9 Å². The van der Waals surface area contributed by atoms with Crippen LogP contribution in [0.1, 0.15) is 63.0 Å². The first kappa shape index (κ1) is 18.0. The van der Waals surface area contributed by atoms with Crippen molar-refractivity contribution in [1.82, 2.24) is 15.1 Å². The topological polar surface area (TPSA) is 90.0 Å². The molecule has 3 rings (SSSR count). The third-order valence-corrected chi connectivity index (χ3v) is 7.23. The van der Waals surface area contributed by atoms with Crippen LogP contribution in [0.3, 0.4) is 0 Å². The lowest BCUT2D eigenvalue weighted by atomic mass is 9.65. The number of hydrogen-bond acceptors (Lipinski definition) is 3. The Morgan fingerprint density at radius 1 is 1.36 bits per heavy atom. The molecule has 1 aliphatic heterocycles. The molecule has 1 aromatic heterocycles. The second-order valence-corrected chi connectivity index (χ2v) is 8.65. The Kier molecular flexibility index (Phi) is 4.41. The fourth-order valence-corrected chi connectivity index (χ4v) is 4.45. The van der Waals surface area contributed by atoms with Crippen LogP contribution >= 0.6 is 0 Å². The Bertz CT molecular complexity index is 694. The summed E-state index contributed by atoms with van der Waals surface area (Å²) in [6.07, 6.45) is 5.28. The number of fused-ring (bicyclic) bond motifs is 1. The summed E-state index contributed by atoms with van der Waals surface area (Å²) in [6.45, 7) is 10.2. The van der Waals surface area contributed by atoms with Gasteiger partial charge in [0, 0.05) is 13.1 Å². The number of nitrogens with two attached hydrogens (primary N) is 1. The minimum Gasteiger partial charge on any atom is -0.365 e. The third-order valence-electron chi connectivity index (χ3n) is 7.23. The first-order valence-corrected chi connectivity index (χ1v) is 9.29. The maximum atomic E-state index is 12.9. The number of aryl methyl sites for hydroxylation is 1. The van der Waals surface area contributed by atoms with Crippen molar-refractivity contribution in [3.63, 3.8) is 0 Å². The molecule has 1 aliphatic carbocycles. The van der Waals surface area contributed by atoms with Gasteiger partial charge in [-0.25, -0.2) is 0 Å². The standard InChI is InChI=1S/C19H30N4O2/c1-12-5-7-19(4,18(12,2)3)17(25)21-10-13-6-8-23-15(9-13)14(11-22-23)16(20)24/h11-13H,5-10H2,1-4H3,(H2,20,24)(H,21,25)/t12-,13?,19-/m0/s1. The lowest BCUT2D eigenvalue weighted by molar-refractivity contribution is -0.136. The Balaban J connectivity index is 1.64. The predicted octanol–water partition coefficient (Wildman–Crippen LogP) is 2.12. The highest BCUT2D eigenvalue weighted by Gasteiger charge is 2.54. The van der Waals surface area contributed by atoms with Gasteiger partial charge in [-0.1, -0.05) is 27.7 Å². The number of rotatable bonds is 4. The van der Waals surface area contributed by atoms with Crippen LogP contribution in [-0.2, 0) is 17.8 Å². The van der Waals surface area contributed by atoms with E-state index in [0.29, 0.717) is 23.9 Å². The normalized spacial score (nSPS) is 30.7. The Hall–Kier alpha value is -1.85. The minimum absolute atomic E-state index is 0.00139. The monoisotopic (exact) mass is 346 g/mol. The van der Waals surface area contributed by atoms with E-state index in [1.54, 1.807) is 6.20 Å². The first-order chi connectivity index (χ1) is 11.7. The van der Waals surface area contributed by atoms with Gasteiger partial charge in [0.2, 0.25) is 5.91 Å². The van der Waals surface area contributed by atoms with E-state index in [1.807, 2.05) is 4.68 Å². The van der Waals surface area contributed by atoms with Crippen LogP contribution < -0.4 is 11.1 Å². The minimum atomic E-state index is -0.430. The van der Waals surface area contributed by atoms with E-state index in [-0.39, 0.29) is 16.7 Å². The average Bonchev–Trinajstić information content (AvgIpc) is 3.07. The largest absolute Gasteiger partial charge is 0.365 e. The zero-order chi connectivity index (χ0) is 18.4. The van der Waals surface area contributed by atoms with Crippen LogP contribution in [0.5, 0.6) is 0 Å². The van der Waals surface area contributed by atoms with Gasteiger partial charge in [-0.15, -0.1) is 0 Å². The molecule has 2 amide bonds. The molecule has 2 heterocycles. The maximum absolute atomic E-state index is 12.9. The van der Waals surface area contributed by atoms with Crippen molar-refractivity contribution in [3.05, 3.63) is 17.5 Å². The number of amides is 2. The van der Waals surface area contributed by atoms with E-state index in [4.69, 9.17) is 5.73 Å². The SMILES string of the molecule is C[C@H]1CC[C@@](C)(C(=O)NCC2CCn3ncc(C(N)=O)c3C2)C1(C)C. The van der Waals surface area contributed by atoms with Gasteiger partial charge < -0.3 is 11.1 Å². The summed E-state index contributed by atoms with van der Waals surface area (Å²) < 4.78 is 1.86. The zero-order valence-corrected chi connectivity index (χ0v) is 15.8. The smallest absolute Gasteiger partial charge is 0.252 e. The number of carbonyl (C=O) groups is 2. The summed E-state index contributed by atoms with van der Waals surface area (Å²) in [5, 5.41) is 7.44. The summed E-state index contributed by atoms with van der Waals surface area (Å²) in [5.41, 5.74) is 6.52. The van der Waals surface area contributed by atoms with Gasteiger partial charge in [-0.3, -0.25) is 14.3 Å². The molecule has 1 unspecified atom stereocenters. The quantitative estimate of drug-likeness (QED) is 0.875. The lowest BCUT2D eigenvalue weighted by Gasteiger charge is -2.40. The molecule has 25 heavy (non-hydrogen) atoms. The van der Waals surface area contributed by atoms with Gasteiger partial charge in [-0.2, -0.15) is 5.10 Å². The summed E-state index contributed by atoms with van der Waals surface area (Å²) in [4.78, 5) is 24.5. The summed E-state index contributed by atoms with van der Waals surface area (Å²) in [6, 6.07) is 0. The molecule has 0 spiro atoms. The van der Waals surface area contributed by atoms with Crippen LogP contribution in [0.4, 0.5) is 0 Å². The van der Waals surface area contributed by atoms with Crippen molar-refractivity contribution in [1.29, 1.82) is 0 Å². The second-order valence-electron chi connectivity index (χ2n) is 8.65. The number of carbonyl (C=O) groups excluding carboxylic acids is 2. The van der Waals surface area contributed by atoms with E-state index >= 15 is 0 Å². The molecule has 0 bridgehead atoms. The number of aromatic nitrogens is 2. The van der Waals surface area contributed by atoms with E-state index in [2.05, 4.69) is 38.1 Å². The molecular weight excluding hydrogens is 316 g/mol.